The van der Waals surface area contributed by atoms with Crippen molar-refractivity contribution < 1.29 is 9.59 Å². The van der Waals surface area contributed by atoms with Crippen molar-refractivity contribution in [2.45, 2.75) is 6.54 Å². The molecule has 0 unspecified atom stereocenters. The molecule has 2 N–H and O–H groups in total. The van der Waals surface area contributed by atoms with Gasteiger partial charge in [-0.1, -0.05) is 35.3 Å². The van der Waals surface area contributed by atoms with Gasteiger partial charge in [-0.3, -0.25) is 19.0 Å². The number of halogens is 2. The number of aryl methyl sites for hydroxylation is 1. The maximum atomic E-state index is 12.3. The summed E-state index contributed by atoms with van der Waals surface area (Å²) in [5.74, 6) is -0.364. The van der Waals surface area contributed by atoms with E-state index in [4.69, 9.17) is 23.2 Å². The molecule has 2 heterocycles. The SMILES string of the molecule is Cn1nc(C(=O)NCCn2cc(Cl)cn2)cc1NC(=O)c1ccccc1Cl. The molecule has 3 rings (SSSR count). The minimum absolute atomic E-state index is 0.186. The molecular weight excluding hydrogens is 391 g/mol. The molecule has 1 aromatic carbocycles. The Balaban J connectivity index is 1.60. The summed E-state index contributed by atoms with van der Waals surface area (Å²) in [5.41, 5.74) is 0.523. The van der Waals surface area contributed by atoms with Crippen molar-refractivity contribution in [1.82, 2.24) is 24.9 Å². The summed E-state index contributed by atoms with van der Waals surface area (Å²) in [6.07, 6.45) is 3.19. The Morgan fingerprint density at radius 3 is 2.67 bits per heavy atom. The first-order valence-electron chi connectivity index (χ1n) is 8.00. The Kier molecular flexibility index (Phi) is 5.78. The smallest absolute Gasteiger partial charge is 0.271 e. The molecular formula is C17H16Cl2N6O2. The molecule has 0 aliphatic carbocycles. The minimum Gasteiger partial charge on any atom is -0.349 e. The van der Waals surface area contributed by atoms with Crippen LogP contribution >= 0.6 is 23.2 Å². The number of amides is 2. The molecule has 8 nitrogen and oxygen atoms in total. The van der Waals surface area contributed by atoms with E-state index in [1.807, 2.05) is 0 Å². The lowest BCUT2D eigenvalue weighted by molar-refractivity contribution is 0.0945. The lowest BCUT2D eigenvalue weighted by atomic mass is 10.2. The van der Waals surface area contributed by atoms with E-state index in [2.05, 4.69) is 20.8 Å². The standard InChI is InChI=1S/C17H16Cl2N6O2/c1-24-15(22-16(26)12-4-2-3-5-13(12)19)8-14(23-24)17(27)20-6-7-25-10-11(18)9-21-25/h2-5,8-10H,6-7H2,1H3,(H,20,27)(H,22,26). The topological polar surface area (TPSA) is 93.8 Å². The quantitative estimate of drug-likeness (QED) is 0.657. The van der Waals surface area contributed by atoms with Crippen molar-refractivity contribution in [3.63, 3.8) is 0 Å². The predicted octanol–water partition coefficient (Wildman–Crippen LogP) is 2.61. The second-order valence-corrected chi connectivity index (χ2v) is 6.49. The van der Waals surface area contributed by atoms with Crippen LogP contribution in [0, 0.1) is 0 Å². The van der Waals surface area contributed by atoms with Gasteiger partial charge in [0.1, 0.15) is 5.82 Å². The zero-order valence-electron chi connectivity index (χ0n) is 14.3. The molecule has 10 heteroatoms. The Hall–Kier alpha value is -2.84. The fourth-order valence-electron chi connectivity index (χ4n) is 2.36. The maximum absolute atomic E-state index is 12.3. The summed E-state index contributed by atoms with van der Waals surface area (Å²) in [4.78, 5) is 24.6. The fraction of sp³-hybridized carbons (Fsp3) is 0.176. The van der Waals surface area contributed by atoms with Gasteiger partial charge in [-0.25, -0.2) is 0 Å². The summed E-state index contributed by atoms with van der Waals surface area (Å²) in [6, 6.07) is 8.20. The first-order valence-corrected chi connectivity index (χ1v) is 8.75. The highest BCUT2D eigenvalue weighted by Crippen LogP contribution is 2.17. The molecule has 0 radical (unpaired) electrons. The molecule has 27 heavy (non-hydrogen) atoms. The van der Waals surface area contributed by atoms with Crippen molar-refractivity contribution in [2.24, 2.45) is 7.05 Å². The largest absolute Gasteiger partial charge is 0.349 e. The van der Waals surface area contributed by atoms with Crippen LogP contribution in [0.1, 0.15) is 20.8 Å². The number of hydrogen-bond acceptors (Lipinski definition) is 4. The average molecular weight is 407 g/mol. The lowest BCUT2D eigenvalue weighted by Gasteiger charge is -2.06. The third-order valence-electron chi connectivity index (χ3n) is 3.70. The number of benzene rings is 1. The van der Waals surface area contributed by atoms with E-state index in [-0.39, 0.29) is 17.5 Å². The molecule has 0 spiro atoms. The van der Waals surface area contributed by atoms with Gasteiger partial charge in [0.25, 0.3) is 11.8 Å². The predicted molar refractivity (Wildman–Crippen MR) is 102 cm³/mol. The van der Waals surface area contributed by atoms with Crippen LogP contribution in [-0.2, 0) is 13.6 Å². The van der Waals surface area contributed by atoms with Crippen molar-refractivity contribution in [2.75, 3.05) is 11.9 Å². The van der Waals surface area contributed by atoms with Crippen LogP contribution in [-0.4, -0.2) is 37.9 Å². The normalized spacial score (nSPS) is 10.6. The van der Waals surface area contributed by atoms with E-state index in [9.17, 15) is 9.59 Å². The molecule has 140 valence electrons. The lowest BCUT2D eigenvalue weighted by Crippen LogP contribution is -2.27. The van der Waals surface area contributed by atoms with Crippen molar-refractivity contribution in [3.05, 3.63) is 64.0 Å². The highest BCUT2D eigenvalue weighted by molar-refractivity contribution is 6.34. The number of anilines is 1. The fourth-order valence-corrected chi connectivity index (χ4v) is 2.74. The van der Waals surface area contributed by atoms with E-state index < -0.39 is 0 Å². The van der Waals surface area contributed by atoms with E-state index in [0.717, 1.165) is 0 Å². The summed E-state index contributed by atoms with van der Waals surface area (Å²) >= 11 is 11.8. The zero-order chi connectivity index (χ0) is 19.4. The molecule has 0 aliphatic rings. The molecule has 0 fully saturated rings. The summed E-state index contributed by atoms with van der Waals surface area (Å²) in [7, 11) is 1.63. The van der Waals surface area contributed by atoms with Crippen LogP contribution in [0.25, 0.3) is 0 Å². The first kappa shape index (κ1) is 18.9. The van der Waals surface area contributed by atoms with Gasteiger partial charge >= 0.3 is 0 Å². The third-order valence-corrected chi connectivity index (χ3v) is 4.23. The summed E-state index contributed by atoms with van der Waals surface area (Å²) < 4.78 is 3.03. The van der Waals surface area contributed by atoms with Gasteiger partial charge in [-0.2, -0.15) is 10.2 Å². The van der Waals surface area contributed by atoms with Gasteiger partial charge in [-0.05, 0) is 12.1 Å². The first-order chi connectivity index (χ1) is 12.9. The number of hydrogen-bond donors (Lipinski definition) is 2. The Bertz CT molecular complexity index is 981. The molecule has 0 bridgehead atoms. The number of carbonyl (C=O) groups is 2. The van der Waals surface area contributed by atoms with Crippen LogP contribution in [0.5, 0.6) is 0 Å². The molecule has 0 saturated carbocycles. The summed E-state index contributed by atoms with van der Waals surface area (Å²) in [6.45, 7) is 0.829. The number of aromatic nitrogens is 4. The third kappa shape index (κ3) is 4.66. The van der Waals surface area contributed by atoms with Crippen LogP contribution in [0.2, 0.25) is 10.0 Å². The van der Waals surface area contributed by atoms with Gasteiger partial charge in [0.15, 0.2) is 5.69 Å². The highest BCUT2D eigenvalue weighted by Gasteiger charge is 2.16. The van der Waals surface area contributed by atoms with E-state index in [1.165, 1.54) is 16.9 Å². The van der Waals surface area contributed by atoms with Crippen molar-refractivity contribution in [1.29, 1.82) is 0 Å². The van der Waals surface area contributed by atoms with Crippen LogP contribution in [0.3, 0.4) is 0 Å². The van der Waals surface area contributed by atoms with Crippen LogP contribution in [0.15, 0.2) is 42.7 Å². The Morgan fingerprint density at radius 2 is 1.96 bits per heavy atom. The number of nitrogens with one attached hydrogen (secondary N) is 2. The molecule has 2 amide bonds. The molecule has 2 aromatic heterocycles. The molecule has 0 saturated heterocycles. The van der Waals surface area contributed by atoms with Crippen LogP contribution < -0.4 is 10.6 Å². The van der Waals surface area contributed by atoms with Gasteiger partial charge < -0.3 is 10.6 Å². The average Bonchev–Trinajstić information content (AvgIpc) is 3.21. The maximum Gasteiger partial charge on any atom is 0.271 e. The minimum atomic E-state index is -0.383. The molecule has 3 aromatic rings. The van der Waals surface area contributed by atoms with Crippen LogP contribution in [0.4, 0.5) is 5.82 Å². The second-order valence-electron chi connectivity index (χ2n) is 5.65. The number of rotatable bonds is 6. The second kappa shape index (κ2) is 8.24. The van der Waals surface area contributed by atoms with Gasteiger partial charge in [0, 0.05) is 25.9 Å². The Morgan fingerprint density at radius 1 is 1.19 bits per heavy atom. The number of carbonyl (C=O) groups excluding carboxylic acids is 2. The van der Waals surface area contributed by atoms with E-state index >= 15 is 0 Å². The molecule has 0 atom stereocenters. The Labute approximate surface area is 165 Å². The molecule has 0 aliphatic heterocycles. The van der Waals surface area contributed by atoms with Gasteiger partial charge in [0.05, 0.1) is 28.4 Å². The summed E-state index contributed by atoms with van der Waals surface area (Å²) in [5, 5.41) is 14.5. The van der Waals surface area contributed by atoms with Gasteiger partial charge in [-0.15, -0.1) is 0 Å². The van der Waals surface area contributed by atoms with Crippen molar-refractivity contribution in [3.8, 4) is 0 Å². The zero-order valence-corrected chi connectivity index (χ0v) is 15.8. The van der Waals surface area contributed by atoms with E-state index in [0.29, 0.717) is 34.5 Å². The van der Waals surface area contributed by atoms with Gasteiger partial charge in [0.2, 0.25) is 0 Å². The monoisotopic (exact) mass is 406 g/mol. The van der Waals surface area contributed by atoms with E-state index in [1.54, 1.807) is 42.2 Å². The van der Waals surface area contributed by atoms with Crippen molar-refractivity contribution >= 4 is 40.8 Å². The highest BCUT2D eigenvalue weighted by atomic mass is 35.5. The number of nitrogens with zero attached hydrogens (tertiary/aromatic N) is 4.